The minimum atomic E-state index is -4.38. The zero-order chi connectivity index (χ0) is 16.1. The smallest absolute Gasteiger partial charge is 0.411 e. The summed E-state index contributed by atoms with van der Waals surface area (Å²) in [5, 5.41) is 20.0. The number of aromatic nitrogens is 4. The van der Waals surface area contributed by atoms with Crippen molar-refractivity contribution in [1.82, 2.24) is 20.2 Å². The van der Waals surface area contributed by atoms with Crippen LogP contribution in [-0.4, -0.2) is 50.7 Å². The molecular weight excluding hydrogens is 293 g/mol. The summed E-state index contributed by atoms with van der Waals surface area (Å²) < 4.78 is 41.5. The molecule has 0 bridgehead atoms. The highest BCUT2D eigenvalue weighted by Gasteiger charge is 2.33. The van der Waals surface area contributed by atoms with Crippen molar-refractivity contribution in [2.45, 2.75) is 39.4 Å². The lowest BCUT2D eigenvalue weighted by Gasteiger charge is -2.22. The molecule has 1 heterocycles. The van der Waals surface area contributed by atoms with E-state index in [0.717, 1.165) is 0 Å². The minimum absolute atomic E-state index is 0.0421. The number of nitrogens with zero attached hydrogens (tertiary/aromatic N) is 4. The van der Waals surface area contributed by atoms with Crippen molar-refractivity contribution in [3.63, 3.8) is 0 Å². The Hall–Kier alpha value is -1.71. The molecular formula is C11H17F3N4O3. The molecule has 0 amide bonds. The first kappa shape index (κ1) is 17.3. The van der Waals surface area contributed by atoms with E-state index in [-0.39, 0.29) is 25.4 Å². The van der Waals surface area contributed by atoms with Crippen LogP contribution in [0.1, 0.15) is 26.1 Å². The number of aliphatic carboxylic acids is 1. The van der Waals surface area contributed by atoms with Crippen molar-refractivity contribution in [1.29, 1.82) is 0 Å². The third-order valence-electron chi connectivity index (χ3n) is 3.14. The largest absolute Gasteiger partial charge is 0.481 e. The normalized spacial score (nSPS) is 14.9. The molecule has 1 N–H and O–H groups in total. The molecule has 1 aromatic heterocycles. The van der Waals surface area contributed by atoms with E-state index in [1.807, 2.05) is 0 Å². The summed E-state index contributed by atoms with van der Waals surface area (Å²) in [5.74, 6) is -0.696. The zero-order valence-electron chi connectivity index (χ0n) is 11.7. The second kappa shape index (κ2) is 6.83. The Morgan fingerprint density at radius 1 is 1.43 bits per heavy atom. The van der Waals surface area contributed by atoms with E-state index in [2.05, 4.69) is 20.3 Å². The molecule has 10 heteroatoms. The summed E-state index contributed by atoms with van der Waals surface area (Å²) in [6.07, 6.45) is -3.94. The lowest BCUT2D eigenvalue weighted by Crippen LogP contribution is -2.33. The first-order chi connectivity index (χ1) is 9.68. The van der Waals surface area contributed by atoms with Gasteiger partial charge in [-0.1, -0.05) is 6.92 Å². The van der Waals surface area contributed by atoms with E-state index in [1.54, 1.807) is 13.8 Å². The molecule has 0 saturated heterocycles. The third kappa shape index (κ3) is 5.29. The Labute approximate surface area is 119 Å². The Morgan fingerprint density at radius 2 is 2.10 bits per heavy atom. The molecule has 1 aromatic rings. The van der Waals surface area contributed by atoms with E-state index in [9.17, 15) is 23.1 Å². The highest BCUT2D eigenvalue weighted by Crippen LogP contribution is 2.24. The first-order valence-corrected chi connectivity index (χ1v) is 6.31. The molecule has 1 unspecified atom stereocenters. The van der Waals surface area contributed by atoms with Crippen LogP contribution in [0.3, 0.4) is 0 Å². The quantitative estimate of drug-likeness (QED) is 0.728. The maximum Gasteiger partial charge on any atom is 0.411 e. The van der Waals surface area contributed by atoms with E-state index in [0.29, 0.717) is 6.42 Å². The van der Waals surface area contributed by atoms with Gasteiger partial charge in [0.05, 0.1) is 18.6 Å². The zero-order valence-corrected chi connectivity index (χ0v) is 11.7. The Morgan fingerprint density at radius 3 is 2.62 bits per heavy atom. The molecule has 0 fully saturated rings. The van der Waals surface area contributed by atoms with Gasteiger partial charge in [0, 0.05) is 6.42 Å². The van der Waals surface area contributed by atoms with Gasteiger partial charge in [-0.2, -0.15) is 13.2 Å². The average molecular weight is 310 g/mol. The summed E-state index contributed by atoms with van der Waals surface area (Å²) in [6, 6.07) is 0. The van der Waals surface area contributed by atoms with Gasteiger partial charge in [0.2, 0.25) is 0 Å². The van der Waals surface area contributed by atoms with Crippen LogP contribution in [0.2, 0.25) is 0 Å². The topological polar surface area (TPSA) is 90.1 Å². The highest BCUT2D eigenvalue weighted by atomic mass is 19.4. The fraction of sp³-hybridized carbons (Fsp3) is 0.818. The van der Waals surface area contributed by atoms with Crippen molar-refractivity contribution < 1.29 is 27.8 Å². The summed E-state index contributed by atoms with van der Waals surface area (Å²) >= 11 is 0. The lowest BCUT2D eigenvalue weighted by atomic mass is 9.88. The number of carbonyl (C=O) groups is 1. The maximum absolute atomic E-state index is 11.9. The molecule has 21 heavy (non-hydrogen) atoms. The van der Waals surface area contributed by atoms with Crippen LogP contribution in [0, 0.1) is 5.41 Å². The number of hydrogen-bond acceptors (Lipinski definition) is 5. The Bertz CT molecular complexity index is 478. The van der Waals surface area contributed by atoms with Gasteiger partial charge in [-0.3, -0.25) is 4.79 Å². The van der Waals surface area contributed by atoms with Gasteiger partial charge in [-0.05, 0) is 23.8 Å². The molecule has 0 aliphatic carbocycles. The van der Waals surface area contributed by atoms with Crippen LogP contribution in [0.5, 0.6) is 0 Å². The molecule has 7 nitrogen and oxygen atoms in total. The number of ether oxygens (including phenoxy) is 1. The van der Waals surface area contributed by atoms with Gasteiger partial charge < -0.3 is 9.84 Å². The summed E-state index contributed by atoms with van der Waals surface area (Å²) in [4.78, 5) is 11.2. The van der Waals surface area contributed by atoms with Crippen molar-refractivity contribution in [3.8, 4) is 0 Å². The Kier molecular flexibility index (Phi) is 5.64. The minimum Gasteiger partial charge on any atom is -0.481 e. The van der Waals surface area contributed by atoms with E-state index in [4.69, 9.17) is 0 Å². The molecule has 0 aliphatic heterocycles. The molecule has 0 aromatic carbocycles. The summed E-state index contributed by atoms with van der Waals surface area (Å²) in [7, 11) is 0. The molecule has 1 rings (SSSR count). The fourth-order valence-electron chi connectivity index (χ4n) is 1.54. The van der Waals surface area contributed by atoms with Crippen LogP contribution in [0.4, 0.5) is 13.2 Å². The number of carboxylic acid groups (broad SMARTS) is 1. The van der Waals surface area contributed by atoms with Crippen molar-refractivity contribution in [2.75, 3.05) is 13.2 Å². The molecule has 0 radical (unpaired) electrons. The standard InChI is InChI=1S/C11H17F3N4O3/c1-3-10(2,9(19)20)6-18-8(15-16-17-18)4-5-21-7-11(12,13)14/h3-7H2,1-2H3,(H,19,20). The number of halogens is 3. The van der Waals surface area contributed by atoms with Gasteiger partial charge in [-0.25, -0.2) is 4.68 Å². The van der Waals surface area contributed by atoms with Gasteiger partial charge in [-0.15, -0.1) is 5.10 Å². The first-order valence-electron chi connectivity index (χ1n) is 6.31. The van der Waals surface area contributed by atoms with E-state index < -0.39 is 24.2 Å². The Balaban J connectivity index is 2.59. The van der Waals surface area contributed by atoms with Gasteiger partial charge in [0.15, 0.2) is 5.82 Å². The summed E-state index contributed by atoms with van der Waals surface area (Å²) in [6.45, 7) is 1.79. The van der Waals surface area contributed by atoms with Crippen LogP contribution in [0.25, 0.3) is 0 Å². The van der Waals surface area contributed by atoms with Crippen LogP contribution in [-0.2, 0) is 22.5 Å². The average Bonchev–Trinajstić information content (AvgIpc) is 2.80. The number of alkyl halides is 3. The monoisotopic (exact) mass is 310 g/mol. The van der Waals surface area contributed by atoms with E-state index >= 15 is 0 Å². The second-order valence-electron chi connectivity index (χ2n) is 4.89. The van der Waals surface area contributed by atoms with Crippen LogP contribution < -0.4 is 0 Å². The summed E-state index contributed by atoms with van der Waals surface area (Å²) in [5.41, 5.74) is -1.04. The number of tetrazole rings is 1. The SMILES string of the molecule is CCC(C)(Cn1nnnc1CCOCC(F)(F)F)C(=O)O. The fourth-order valence-corrected chi connectivity index (χ4v) is 1.54. The van der Waals surface area contributed by atoms with Crippen LogP contribution in [0.15, 0.2) is 0 Å². The van der Waals surface area contributed by atoms with Crippen molar-refractivity contribution >= 4 is 5.97 Å². The van der Waals surface area contributed by atoms with Gasteiger partial charge in [0.25, 0.3) is 0 Å². The predicted molar refractivity (Wildman–Crippen MR) is 64.4 cm³/mol. The van der Waals surface area contributed by atoms with Crippen molar-refractivity contribution in [2.24, 2.45) is 5.41 Å². The molecule has 1 atom stereocenters. The number of hydrogen-bond donors (Lipinski definition) is 1. The third-order valence-corrected chi connectivity index (χ3v) is 3.14. The van der Waals surface area contributed by atoms with Gasteiger partial charge in [0.1, 0.15) is 6.61 Å². The maximum atomic E-state index is 11.9. The lowest BCUT2D eigenvalue weighted by molar-refractivity contribution is -0.173. The van der Waals surface area contributed by atoms with Crippen molar-refractivity contribution in [3.05, 3.63) is 5.82 Å². The van der Waals surface area contributed by atoms with Gasteiger partial charge >= 0.3 is 12.1 Å². The highest BCUT2D eigenvalue weighted by molar-refractivity contribution is 5.73. The molecule has 120 valence electrons. The molecule has 0 aliphatic rings. The predicted octanol–water partition coefficient (Wildman–Crippen LogP) is 1.30. The number of rotatable bonds is 8. The molecule has 0 saturated carbocycles. The van der Waals surface area contributed by atoms with E-state index in [1.165, 1.54) is 4.68 Å². The number of carboxylic acids is 1. The second-order valence-corrected chi connectivity index (χ2v) is 4.89. The van der Waals surface area contributed by atoms with Crippen LogP contribution >= 0.6 is 0 Å². The molecule has 0 spiro atoms.